The second kappa shape index (κ2) is 8.49. The quantitative estimate of drug-likeness (QED) is 0.760. The Balaban J connectivity index is 1.01. The lowest BCUT2D eigenvalue weighted by atomic mass is 9.80. The number of amides is 1. The van der Waals surface area contributed by atoms with E-state index in [0.29, 0.717) is 30.2 Å². The van der Waals surface area contributed by atoms with E-state index in [1.165, 1.54) is 16.7 Å². The van der Waals surface area contributed by atoms with Gasteiger partial charge >= 0.3 is 0 Å². The van der Waals surface area contributed by atoms with Crippen molar-refractivity contribution in [2.24, 2.45) is 4.99 Å². The summed E-state index contributed by atoms with van der Waals surface area (Å²) >= 11 is 0. The van der Waals surface area contributed by atoms with Crippen LogP contribution in [0.4, 0.5) is 5.69 Å². The van der Waals surface area contributed by atoms with E-state index >= 15 is 0 Å². The number of anilines is 1. The van der Waals surface area contributed by atoms with Gasteiger partial charge in [-0.05, 0) is 60.6 Å². The summed E-state index contributed by atoms with van der Waals surface area (Å²) in [6, 6.07) is 14.9. The molecule has 6 rings (SSSR count). The van der Waals surface area contributed by atoms with Gasteiger partial charge in [0.15, 0.2) is 0 Å². The second-order valence-electron chi connectivity index (χ2n) is 9.95. The maximum atomic E-state index is 12.6. The number of amidine groups is 1. The lowest BCUT2D eigenvalue weighted by Gasteiger charge is -2.36. The molecular weight excluding hydrogens is 412 g/mol. The highest BCUT2D eigenvalue weighted by Crippen LogP contribution is 2.39. The normalized spacial score (nSPS) is 26.2. The van der Waals surface area contributed by atoms with E-state index in [1.54, 1.807) is 0 Å². The molecule has 0 bridgehead atoms. The number of aryl methyl sites for hydroxylation is 1. The Morgan fingerprint density at radius 3 is 2.79 bits per heavy atom. The molecule has 4 aliphatic rings. The number of likely N-dealkylation sites (tertiary alicyclic amines) is 1. The fourth-order valence-electron chi connectivity index (χ4n) is 6.32. The van der Waals surface area contributed by atoms with Gasteiger partial charge < -0.3 is 20.2 Å². The van der Waals surface area contributed by atoms with Gasteiger partial charge in [0.05, 0.1) is 18.8 Å². The number of phenols is 1. The molecule has 0 radical (unpaired) electrons. The van der Waals surface area contributed by atoms with Crippen molar-refractivity contribution in [3.8, 4) is 5.75 Å². The minimum absolute atomic E-state index is 0.256. The Hall–Kier alpha value is -2.86. The van der Waals surface area contributed by atoms with Crippen LogP contribution in [0.1, 0.15) is 48.3 Å². The number of piperidine rings is 1. The highest BCUT2D eigenvalue weighted by atomic mass is 16.3. The van der Waals surface area contributed by atoms with E-state index in [0.717, 1.165) is 69.8 Å². The van der Waals surface area contributed by atoms with Crippen LogP contribution in [-0.4, -0.2) is 60.0 Å². The number of rotatable bonds is 4. The average molecular weight is 445 g/mol. The van der Waals surface area contributed by atoms with Crippen molar-refractivity contribution in [1.82, 2.24) is 10.2 Å². The van der Waals surface area contributed by atoms with Crippen LogP contribution >= 0.6 is 0 Å². The summed E-state index contributed by atoms with van der Waals surface area (Å²) in [6.07, 6.45) is 5.71. The van der Waals surface area contributed by atoms with Crippen molar-refractivity contribution >= 4 is 17.4 Å². The standard InChI is InChI=1S/C27H32N4O2/c32-21-6-7-22-18(15-21)5-8-24-23(22)17-26(29-24)28-11-14-30-12-9-20(10-13-30)31-25-4-2-1-3-19(25)16-27(31)33/h1-4,6-7,15,20,23-24,32H,5,8-14,16-17H2,(H,28,29)/t23-,24+/m0/s1. The maximum absolute atomic E-state index is 12.6. The molecule has 2 atom stereocenters. The molecule has 3 aliphatic heterocycles. The van der Waals surface area contributed by atoms with E-state index in [9.17, 15) is 9.90 Å². The maximum Gasteiger partial charge on any atom is 0.231 e. The van der Waals surface area contributed by atoms with E-state index in [4.69, 9.17) is 4.99 Å². The van der Waals surface area contributed by atoms with Crippen LogP contribution < -0.4 is 10.2 Å². The van der Waals surface area contributed by atoms with Gasteiger partial charge in [-0.25, -0.2) is 0 Å². The summed E-state index contributed by atoms with van der Waals surface area (Å²) in [5.74, 6) is 2.24. The van der Waals surface area contributed by atoms with Gasteiger partial charge in [-0.2, -0.15) is 0 Å². The summed E-state index contributed by atoms with van der Waals surface area (Å²) in [5, 5.41) is 13.5. The molecule has 6 heteroatoms. The molecule has 2 saturated heterocycles. The number of nitrogens with zero attached hydrogens (tertiary/aromatic N) is 3. The molecule has 0 unspecified atom stereocenters. The van der Waals surface area contributed by atoms with Crippen molar-refractivity contribution < 1.29 is 9.90 Å². The number of aromatic hydroxyl groups is 1. The highest BCUT2D eigenvalue weighted by Gasteiger charge is 2.37. The van der Waals surface area contributed by atoms with Crippen LogP contribution in [-0.2, 0) is 17.6 Å². The fraction of sp³-hybridized carbons (Fsp3) is 0.481. The SMILES string of the molecule is O=C1Cc2ccccc2N1C1CCN(CCN=C2C[C@H]3c4ccc(O)cc4CC[C@H]3N2)CC1. The lowest BCUT2D eigenvalue weighted by Crippen LogP contribution is -2.46. The number of carbonyl (C=O) groups excluding carboxylic acids is 1. The first-order valence-electron chi connectivity index (χ1n) is 12.4. The predicted octanol–water partition coefficient (Wildman–Crippen LogP) is 3.24. The Morgan fingerprint density at radius 2 is 1.91 bits per heavy atom. The smallest absolute Gasteiger partial charge is 0.231 e. The Morgan fingerprint density at radius 1 is 1.06 bits per heavy atom. The van der Waals surface area contributed by atoms with Gasteiger partial charge in [0.2, 0.25) is 5.91 Å². The van der Waals surface area contributed by atoms with Crippen LogP contribution in [0.25, 0.3) is 0 Å². The Labute approximate surface area is 195 Å². The van der Waals surface area contributed by atoms with E-state index < -0.39 is 0 Å². The van der Waals surface area contributed by atoms with Gasteiger partial charge in [0, 0.05) is 49.7 Å². The van der Waals surface area contributed by atoms with Gasteiger partial charge in [-0.15, -0.1) is 0 Å². The second-order valence-corrected chi connectivity index (χ2v) is 9.95. The number of para-hydroxylation sites is 1. The third kappa shape index (κ3) is 3.90. The van der Waals surface area contributed by atoms with Gasteiger partial charge in [-0.1, -0.05) is 24.3 Å². The first-order valence-corrected chi connectivity index (χ1v) is 12.4. The minimum atomic E-state index is 0.256. The van der Waals surface area contributed by atoms with Crippen molar-refractivity contribution in [3.63, 3.8) is 0 Å². The van der Waals surface area contributed by atoms with Gasteiger partial charge in [0.25, 0.3) is 0 Å². The van der Waals surface area contributed by atoms with Crippen LogP contribution in [0.2, 0.25) is 0 Å². The largest absolute Gasteiger partial charge is 0.508 e. The third-order valence-corrected chi connectivity index (χ3v) is 8.00. The Bertz CT molecular complexity index is 1090. The van der Waals surface area contributed by atoms with Crippen LogP contribution in [0.3, 0.4) is 0 Å². The summed E-state index contributed by atoms with van der Waals surface area (Å²) in [6.45, 7) is 3.84. The average Bonchev–Trinajstić information content (AvgIpc) is 3.39. The van der Waals surface area contributed by atoms with Crippen LogP contribution in [0.15, 0.2) is 47.5 Å². The lowest BCUT2D eigenvalue weighted by molar-refractivity contribution is -0.118. The Kier molecular flexibility index (Phi) is 5.33. The number of phenolic OH excluding ortho intramolecular Hbond substituents is 1. The summed E-state index contributed by atoms with van der Waals surface area (Å²) < 4.78 is 0. The zero-order chi connectivity index (χ0) is 22.4. The van der Waals surface area contributed by atoms with Gasteiger partial charge in [0.1, 0.15) is 5.75 Å². The molecule has 0 spiro atoms. The zero-order valence-corrected chi connectivity index (χ0v) is 19.0. The van der Waals surface area contributed by atoms with Crippen molar-refractivity contribution in [2.75, 3.05) is 31.1 Å². The van der Waals surface area contributed by atoms with Crippen molar-refractivity contribution in [2.45, 2.75) is 56.5 Å². The molecule has 0 aromatic heterocycles. The molecule has 1 aliphatic carbocycles. The molecule has 2 fully saturated rings. The van der Waals surface area contributed by atoms with Crippen molar-refractivity contribution in [1.29, 1.82) is 0 Å². The number of benzene rings is 2. The summed E-state index contributed by atoms with van der Waals surface area (Å²) in [4.78, 5) is 22.1. The van der Waals surface area contributed by atoms with E-state index in [1.807, 2.05) is 24.3 Å². The molecule has 2 aromatic rings. The number of carbonyl (C=O) groups is 1. The molecule has 2 N–H and O–H groups in total. The highest BCUT2D eigenvalue weighted by molar-refractivity contribution is 6.01. The first-order chi connectivity index (χ1) is 16.2. The predicted molar refractivity (Wildman–Crippen MR) is 130 cm³/mol. The van der Waals surface area contributed by atoms with Crippen LogP contribution in [0, 0.1) is 0 Å². The number of aliphatic imine (C=N–C) groups is 1. The van der Waals surface area contributed by atoms with E-state index in [-0.39, 0.29) is 5.91 Å². The molecule has 3 heterocycles. The number of hydrogen-bond donors (Lipinski definition) is 2. The molecule has 33 heavy (non-hydrogen) atoms. The molecule has 0 saturated carbocycles. The molecule has 2 aromatic carbocycles. The van der Waals surface area contributed by atoms with Gasteiger partial charge in [-0.3, -0.25) is 9.79 Å². The number of nitrogens with one attached hydrogen (secondary N) is 1. The number of hydrogen-bond acceptors (Lipinski definition) is 4. The third-order valence-electron chi connectivity index (χ3n) is 8.00. The molecule has 6 nitrogen and oxygen atoms in total. The molecule has 1 amide bonds. The fourth-order valence-corrected chi connectivity index (χ4v) is 6.32. The van der Waals surface area contributed by atoms with Crippen LogP contribution in [0.5, 0.6) is 5.75 Å². The first kappa shape index (κ1) is 20.7. The molecular formula is C27H32N4O2. The number of fused-ring (bicyclic) bond motifs is 4. The summed E-state index contributed by atoms with van der Waals surface area (Å²) in [5.41, 5.74) is 4.96. The van der Waals surface area contributed by atoms with Crippen molar-refractivity contribution in [3.05, 3.63) is 59.2 Å². The topological polar surface area (TPSA) is 68.2 Å². The monoisotopic (exact) mass is 444 g/mol. The minimum Gasteiger partial charge on any atom is -0.508 e. The summed E-state index contributed by atoms with van der Waals surface area (Å²) in [7, 11) is 0. The zero-order valence-electron chi connectivity index (χ0n) is 19.0. The van der Waals surface area contributed by atoms with E-state index in [2.05, 4.69) is 33.3 Å². The molecule has 172 valence electrons.